The second-order valence-corrected chi connectivity index (χ2v) is 5.33. The number of isocyanates is 1. The van der Waals surface area contributed by atoms with Gasteiger partial charge in [0.1, 0.15) is 11.4 Å². The lowest BCUT2D eigenvalue weighted by atomic mass is 9.88. The third kappa shape index (κ3) is 2.26. The van der Waals surface area contributed by atoms with Crippen LogP contribution in [-0.2, 0) is 10.3 Å². The lowest BCUT2D eigenvalue weighted by Crippen LogP contribution is -2.21. The molecule has 1 aliphatic rings. The maximum Gasteiger partial charge on any atom is 0.235 e. The van der Waals surface area contributed by atoms with Crippen LogP contribution in [0, 0.1) is 5.82 Å². The number of phenolic OH excluding ortho intramolecular Hbond substituents is 1. The molecule has 0 unspecified atom stereocenters. The van der Waals surface area contributed by atoms with Crippen LogP contribution in [0.5, 0.6) is 11.5 Å². The van der Waals surface area contributed by atoms with Crippen molar-refractivity contribution in [2.45, 2.75) is 31.2 Å². The number of benzene rings is 1. The molecule has 0 spiro atoms. The van der Waals surface area contributed by atoms with E-state index in [4.69, 9.17) is 4.74 Å². The number of aliphatic imine (C=N–C) groups is 1. The number of aromatic hydroxyl groups is 1. The summed E-state index contributed by atoms with van der Waals surface area (Å²) in [7, 11) is 1.38. The first-order valence-electron chi connectivity index (χ1n) is 5.90. The summed E-state index contributed by atoms with van der Waals surface area (Å²) in [6.45, 7) is 0. The number of hydrogen-bond donors (Lipinski definition) is 1. The van der Waals surface area contributed by atoms with Crippen molar-refractivity contribution in [3.63, 3.8) is 0 Å². The summed E-state index contributed by atoms with van der Waals surface area (Å²) in [5.41, 5.74) is -0.658. The van der Waals surface area contributed by atoms with Crippen LogP contribution < -0.4 is 4.74 Å². The summed E-state index contributed by atoms with van der Waals surface area (Å²) in [5, 5.41) is 9.65. The largest absolute Gasteiger partial charge is 0.504 e. The lowest BCUT2D eigenvalue weighted by Gasteiger charge is -2.25. The fourth-order valence-electron chi connectivity index (χ4n) is 2.67. The number of phenols is 1. The predicted octanol–water partition coefficient (Wildman–Crippen LogP) is 3.41. The van der Waals surface area contributed by atoms with E-state index in [0.29, 0.717) is 17.3 Å². The molecule has 0 aliphatic heterocycles. The van der Waals surface area contributed by atoms with E-state index >= 15 is 0 Å². The molecule has 0 saturated heterocycles. The molecule has 1 N–H and O–H groups in total. The van der Waals surface area contributed by atoms with Crippen LogP contribution in [0.25, 0.3) is 0 Å². The van der Waals surface area contributed by atoms with E-state index in [1.807, 2.05) is 0 Å². The van der Waals surface area contributed by atoms with Crippen molar-refractivity contribution in [1.29, 1.82) is 0 Å². The first-order chi connectivity index (χ1) is 9.05. The van der Waals surface area contributed by atoms with Gasteiger partial charge in [-0.1, -0.05) is 12.8 Å². The van der Waals surface area contributed by atoms with Crippen molar-refractivity contribution in [2.75, 3.05) is 7.11 Å². The highest BCUT2D eigenvalue weighted by molar-refractivity contribution is 9.10. The van der Waals surface area contributed by atoms with E-state index < -0.39 is 11.4 Å². The first-order valence-corrected chi connectivity index (χ1v) is 6.69. The summed E-state index contributed by atoms with van der Waals surface area (Å²) in [5.74, 6) is -0.756. The maximum absolute atomic E-state index is 14.2. The smallest absolute Gasteiger partial charge is 0.235 e. The molecule has 4 nitrogen and oxygen atoms in total. The number of rotatable bonds is 3. The second-order valence-electron chi connectivity index (χ2n) is 4.54. The van der Waals surface area contributed by atoms with E-state index in [1.165, 1.54) is 13.2 Å². The van der Waals surface area contributed by atoms with Gasteiger partial charge in [-0.05, 0) is 28.8 Å². The molecule has 0 amide bonds. The van der Waals surface area contributed by atoms with Crippen molar-refractivity contribution in [3.05, 3.63) is 21.9 Å². The molecule has 0 bridgehead atoms. The van der Waals surface area contributed by atoms with Crippen LogP contribution in [0.15, 0.2) is 15.5 Å². The molecule has 6 heteroatoms. The Hall–Kier alpha value is -1.39. The molecule has 1 aromatic carbocycles. The molecular formula is C13H13BrFNO3. The maximum atomic E-state index is 14.2. The number of methoxy groups -OCH3 is 1. The Labute approximate surface area is 118 Å². The quantitative estimate of drug-likeness (QED) is 0.682. The number of ether oxygens (including phenoxy) is 1. The SMILES string of the molecule is COc1c(O)cc(F)c(C2(N=C=O)CCCC2)c1Br. The Kier molecular flexibility index (Phi) is 3.92. The highest BCUT2D eigenvalue weighted by atomic mass is 79.9. The second kappa shape index (κ2) is 5.31. The molecule has 19 heavy (non-hydrogen) atoms. The zero-order valence-corrected chi connectivity index (χ0v) is 12.0. The van der Waals surface area contributed by atoms with Gasteiger partial charge in [0.05, 0.1) is 11.6 Å². The standard InChI is InChI=1S/C13H13BrFNO3/c1-19-12-9(18)6-8(15)10(11(12)14)13(16-7-17)4-2-3-5-13/h6,18H,2-5H2,1H3. The van der Waals surface area contributed by atoms with Crippen molar-refractivity contribution in [1.82, 2.24) is 0 Å². The van der Waals surface area contributed by atoms with Crippen LogP contribution in [0.4, 0.5) is 4.39 Å². The van der Waals surface area contributed by atoms with Crippen LogP contribution in [-0.4, -0.2) is 18.3 Å². The number of nitrogens with zero attached hydrogens (tertiary/aromatic N) is 1. The van der Waals surface area contributed by atoms with Gasteiger partial charge in [0.25, 0.3) is 0 Å². The number of halogens is 2. The average Bonchev–Trinajstić information content (AvgIpc) is 2.78. The predicted molar refractivity (Wildman–Crippen MR) is 70.6 cm³/mol. The van der Waals surface area contributed by atoms with E-state index in [9.17, 15) is 14.3 Å². The van der Waals surface area contributed by atoms with E-state index in [2.05, 4.69) is 20.9 Å². The van der Waals surface area contributed by atoms with Gasteiger partial charge in [0, 0.05) is 11.6 Å². The molecule has 1 saturated carbocycles. The summed E-state index contributed by atoms with van der Waals surface area (Å²) in [6, 6.07) is 0.985. The monoisotopic (exact) mass is 329 g/mol. The van der Waals surface area contributed by atoms with Gasteiger partial charge < -0.3 is 9.84 Å². The van der Waals surface area contributed by atoms with Gasteiger partial charge in [-0.25, -0.2) is 9.18 Å². The van der Waals surface area contributed by atoms with E-state index in [-0.39, 0.29) is 17.1 Å². The topological polar surface area (TPSA) is 58.9 Å². The summed E-state index contributed by atoms with van der Waals surface area (Å²) >= 11 is 3.24. The zero-order valence-electron chi connectivity index (χ0n) is 10.4. The Balaban J connectivity index is 2.70. The van der Waals surface area contributed by atoms with Gasteiger partial charge in [0.15, 0.2) is 11.5 Å². The summed E-state index contributed by atoms with van der Waals surface area (Å²) in [6.07, 6.45) is 4.41. The Bertz CT molecular complexity index is 549. The first kappa shape index (κ1) is 14.0. The van der Waals surface area contributed by atoms with Gasteiger partial charge in [-0.2, -0.15) is 4.99 Å². The van der Waals surface area contributed by atoms with Crippen molar-refractivity contribution in [2.24, 2.45) is 4.99 Å². The fourth-order valence-corrected chi connectivity index (χ4v) is 3.60. The minimum atomic E-state index is -0.911. The fraction of sp³-hybridized carbons (Fsp3) is 0.462. The molecule has 1 aromatic rings. The van der Waals surface area contributed by atoms with E-state index in [0.717, 1.165) is 18.9 Å². The van der Waals surface area contributed by atoms with Gasteiger partial charge in [-0.3, -0.25) is 0 Å². The summed E-state index contributed by atoms with van der Waals surface area (Å²) < 4.78 is 19.6. The Morgan fingerprint density at radius 2 is 2.16 bits per heavy atom. The molecule has 1 aliphatic carbocycles. The minimum Gasteiger partial charge on any atom is -0.504 e. The molecular weight excluding hydrogens is 317 g/mol. The molecule has 2 rings (SSSR count). The lowest BCUT2D eigenvalue weighted by molar-refractivity contribution is 0.359. The van der Waals surface area contributed by atoms with E-state index in [1.54, 1.807) is 0 Å². The average molecular weight is 330 g/mol. The molecule has 102 valence electrons. The highest BCUT2D eigenvalue weighted by Gasteiger charge is 2.41. The molecule has 0 radical (unpaired) electrons. The molecule has 0 heterocycles. The third-order valence-electron chi connectivity index (χ3n) is 3.51. The molecule has 1 fully saturated rings. The van der Waals surface area contributed by atoms with Crippen molar-refractivity contribution >= 4 is 22.0 Å². The van der Waals surface area contributed by atoms with Gasteiger partial charge in [-0.15, -0.1) is 0 Å². The van der Waals surface area contributed by atoms with Crippen LogP contribution in [0.3, 0.4) is 0 Å². The summed E-state index contributed by atoms with van der Waals surface area (Å²) in [4.78, 5) is 14.5. The normalized spacial score (nSPS) is 17.0. The number of hydrogen-bond acceptors (Lipinski definition) is 4. The molecule has 0 atom stereocenters. The van der Waals surface area contributed by atoms with Crippen LogP contribution >= 0.6 is 15.9 Å². The van der Waals surface area contributed by atoms with Crippen molar-refractivity contribution < 1.29 is 19.0 Å². The third-order valence-corrected chi connectivity index (χ3v) is 4.27. The zero-order chi connectivity index (χ0) is 14.0. The Morgan fingerprint density at radius 1 is 1.53 bits per heavy atom. The Morgan fingerprint density at radius 3 is 2.68 bits per heavy atom. The number of carbonyl (C=O) groups excluding carboxylic acids is 1. The van der Waals surface area contributed by atoms with Crippen LogP contribution in [0.1, 0.15) is 31.2 Å². The highest BCUT2D eigenvalue weighted by Crippen LogP contribution is 2.50. The molecule has 0 aromatic heterocycles. The van der Waals surface area contributed by atoms with Crippen molar-refractivity contribution in [3.8, 4) is 11.5 Å². The van der Waals surface area contributed by atoms with Gasteiger partial charge >= 0.3 is 0 Å². The minimum absolute atomic E-state index is 0.142. The van der Waals surface area contributed by atoms with Gasteiger partial charge in [0.2, 0.25) is 6.08 Å². The van der Waals surface area contributed by atoms with Crippen LogP contribution in [0.2, 0.25) is 0 Å².